The van der Waals surface area contributed by atoms with Crippen LogP contribution in [0.2, 0.25) is 0 Å². The fourth-order valence-electron chi connectivity index (χ4n) is 2.73. The molecule has 29 heavy (non-hydrogen) atoms. The summed E-state index contributed by atoms with van der Waals surface area (Å²) in [6, 6.07) is 16.5. The SMILES string of the molecule is COc1ccc(C(=O)[C@@H](C)OC(=O)c2ccc(-c3ccc(C(C)=O)cc3)o2)cc1. The Morgan fingerprint density at radius 2 is 1.48 bits per heavy atom. The number of ketones is 2. The first-order valence-electron chi connectivity index (χ1n) is 8.99. The number of carbonyl (C=O) groups excluding carboxylic acids is 3. The summed E-state index contributed by atoms with van der Waals surface area (Å²) in [5, 5.41) is 0. The van der Waals surface area contributed by atoms with Crippen molar-refractivity contribution in [3.05, 3.63) is 77.6 Å². The van der Waals surface area contributed by atoms with Gasteiger partial charge in [0, 0.05) is 16.7 Å². The molecule has 0 saturated heterocycles. The fourth-order valence-corrected chi connectivity index (χ4v) is 2.73. The summed E-state index contributed by atoms with van der Waals surface area (Å²) in [5.41, 5.74) is 1.72. The molecule has 0 bridgehead atoms. The number of ether oxygens (including phenoxy) is 2. The van der Waals surface area contributed by atoms with Crippen LogP contribution in [0.5, 0.6) is 5.75 Å². The van der Waals surface area contributed by atoms with Crippen LogP contribution in [0.1, 0.15) is 45.1 Å². The van der Waals surface area contributed by atoms with Gasteiger partial charge in [-0.15, -0.1) is 0 Å². The molecule has 0 spiro atoms. The number of furan rings is 1. The second-order valence-electron chi connectivity index (χ2n) is 6.44. The van der Waals surface area contributed by atoms with Crippen molar-refractivity contribution in [2.24, 2.45) is 0 Å². The van der Waals surface area contributed by atoms with Crippen molar-refractivity contribution in [3.63, 3.8) is 0 Å². The lowest BCUT2D eigenvalue weighted by molar-refractivity contribution is 0.0290. The van der Waals surface area contributed by atoms with E-state index in [0.29, 0.717) is 22.6 Å². The molecule has 3 aromatic rings. The molecule has 0 N–H and O–H groups in total. The molecule has 0 radical (unpaired) electrons. The molecule has 0 aliphatic carbocycles. The Balaban J connectivity index is 1.67. The van der Waals surface area contributed by atoms with Gasteiger partial charge in [-0.2, -0.15) is 0 Å². The van der Waals surface area contributed by atoms with Crippen molar-refractivity contribution in [2.45, 2.75) is 20.0 Å². The molecular weight excluding hydrogens is 372 g/mol. The first-order chi connectivity index (χ1) is 13.9. The van der Waals surface area contributed by atoms with E-state index in [-0.39, 0.29) is 17.3 Å². The molecule has 6 heteroatoms. The highest BCUT2D eigenvalue weighted by atomic mass is 16.6. The van der Waals surface area contributed by atoms with Gasteiger partial charge in [-0.1, -0.05) is 24.3 Å². The fraction of sp³-hybridized carbons (Fsp3) is 0.174. The average molecular weight is 392 g/mol. The molecule has 6 nitrogen and oxygen atoms in total. The molecular formula is C23H20O6. The van der Waals surface area contributed by atoms with E-state index < -0.39 is 12.1 Å². The summed E-state index contributed by atoms with van der Waals surface area (Å²) in [7, 11) is 1.54. The highest BCUT2D eigenvalue weighted by molar-refractivity contribution is 6.01. The Hall–Kier alpha value is -3.67. The van der Waals surface area contributed by atoms with Crippen molar-refractivity contribution >= 4 is 17.5 Å². The van der Waals surface area contributed by atoms with E-state index >= 15 is 0 Å². The normalized spacial score (nSPS) is 11.6. The van der Waals surface area contributed by atoms with Gasteiger partial charge in [0.15, 0.2) is 11.9 Å². The maximum Gasteiger partial charge on any atom is 0.374 e. The molecule has 0 aliphatic heterocycles. The largest absolute Gasteiger partial charge is 0.497 e. The van der Waals surface area contributed by atoms with Crippen LogP contribution in [0.3, 0.4) is 0 Å². The van der Waals surface area contributed by atoms with Crippen LogP contribution in [0.15, 0.2) is 65.1 Å². The minimum Gasteiger partial charge on any atom is -0.497 e. The predicted octanol–water partition coefficient (Wildman–Crippen LogP) is 4.59. The van der Waals surface area contributed by atoms with Gasteiger partial charge in [0.05, 0.1) is 7.11 Å². The maximum absolute atomic E-state index is 12.4. The number of hydrogen-bond donors (Lipinski definition) is 0. The van der Waals surface area contributed by atoms with Crippen LogP contribution >= 0.6 is 0 Å². The molecule has 0 fully saturated rings. The van der Waals surface area contributed by atoms with E-state index in [9.17, 15) is 14.4 Å². The third-order valence-electron chi connectivity index (χ3n) is 4.41. The van der Waals surface area contributed by atoms with Crippen molar-refractivity contribution < 1.29 is 28.3 Å². The second-order valence-corrected chi connectivity index (χ2v) is 6.44. The molecule has 0 amide bonds. The van der Waals surface area contributed by atoms with Gasteiger partial charge in [0.1, 0.15) is 11.5 Å². The number of methoxy groups -OCH3 is 1. The molecule has 1 atom stereocenters. The number of esters is 1. The first-order valence-corrected chi connectivity index (χ1v) is 8.99. The van der Waals surface area contributed by atoms with Gasteiger partial charge in [0.25, 0.3) is 0 Å². The van der Waals surface area contributed by atoms with E-state index in [2.05, 4.69) is 0 Å². The number of benzene rings is 2. The van der Waals surface area contributed by atoms with E-state index in [1.165, 1.54) is 27.0 Å². The standard InChI is InChI=1S/C23H20O6/c1-14(24)16-4-6-17(7-5-16)20-12-13-21(29-20)23(26)28-15(2)22(25)18-8-10-19(27-3)11-9-18/h4-13,15H,1-3H3/t15-/m1/s1. The highest BCUT2D eigenvalue weighted by Crippen LogP contribution is 2.24. The minimum atomic E-state index is -0.973. The van der Waals surface area contributed by atoms with E-state index in [0.717, 1.165) is 5.56 Å². The van der Waals surface area contributed by atoms with Crippen LogP contribution in [-0.4, -0.2) is 30.7 Å². The number of Topliss-reactive ketones (excluding diaryl/α,β-unsaturated/α-hetero) is 2. The zero-order valence-electron chi connectivity index (χ0n) is 16.3. The van der Waals surface area contributed by atoms with Crippen molar-refractivity contribution in [3.8, 4) is 17.1 Å². The molecule has 0 aliphatic rings. The Bertz CT molecular complexity index is 1030. The van der Waals surface area contributed by atoms with E-state index in [1.807, 2.05) is 0 Å². The van der Waals surface area contributed by atoms with E-state index in [4.69, 9.17) is 13.9 Å². The Morgan fingerprint density at radius 1 is 0.862 bits per heavy atom. The van der Waals surface area contributed by atoms with Gasteiger partial charge in [0.2, 0.25) is 11.5 Å². The lowest BCUT2D eigenvalue weighted by Crippen LogP contribution is -2.24. The van der Waals surface area contributed by atoms with Crippen LogP contribution in [0.4, 0.5) is 0 Å². The summed E-state index contributed by atoms with van der Waals surface area (Å²) in [4.78, 5) is 36.2. The summed E-state index contributed by atoms with van der Waals surface area (Å²) in [6.07, 6.45) is -0.973. The van der Waals surface area contributed by atoms with Gasteiger partial charge >= 0.3 is 5.97 Å². The van der Waals surface area contributed by atoms with Gasteiger partial charge < -0.3 is 13.9 Å². The zero-order chi connectivity index (χ0) is 21.0. The highest BCUT2D eigenvalue weighted by Gasteiger charge is 2.22. The molecule has 148 valence electrons. The lowest BCUT2D eigenvalue weighted by atomic mass is 10.1. The third kappa shape index (κ3) is 4.60. The summed E-state index contributed by atoms with van der Waals surface area (Å²) in [5.74, 6) is -0.00814. The monoisotopic (exact) mass is 392 g/mol. The minimum absolute atomic E-state index is 0.00924. The Kier molecular flexibility index (Phi) is 5.93. The number of carbonyl (C=O) groups is 3. The van der Waals surface area contributed by atoms with Crippen molar-refractivity contribution in [1.82, 2.24) is 0 Å². The first kappa shape index (κ1) is 20.1. The van der Waals surface area contributed by atoms with Crippen LogP contribution in [-0.2, 0) is 4.74 Å². The molecule has 2 aromatic carbocycles. The van der Waals surface area contributed by atoms with Crippen molar-refractivity contribution in [2.75, 3.05) is 7.11 Å². The topological polar surface area (TPSA) is 82.8 Å². The third-order valence-corrected chi connectivity index (χ3v) is 4.41. The molecule has 1 heterocycles. The smallest absolute Gasteiger partial charge is 0.374 e. The second kappa shape index (κ2) is 8.56. The summed E-state index contributed by atoms with van der Waals surface area (Å²) in [6.45, 7) is 3.00. The average Bonchev–Trinajstić information content (AvgIpc) is 3.23. The van der Waals surface area contributed by atoms with Gasteiger partial charge in [-0.3, -0.25) is 9.59 Å². The van der Waals surface area contributed by atoms with Gasteiger partial charge in [-0.25, -0.2) is 4.79 Å². The molecule has 1 aromatic heterocycles. The van der Waals surface area contributed by atoms with E-state index in [1.54, 1.807) is 54.6 Å². The number of rotatable bonds is 7. The van der Waals surface area contributed by atoms with Crippen LogP contribution in [0.25, 0.3) is 11.3 Å². The summed E-state index contributed by atoms with van der Waals surface area (Å²) < 4.78 is 15.9. The van der Waals surface area contributed by atoms with Gasteiger partial charge in [-0.05, 0) is 50.2 Å². The quantitative estimate of drug-likeness (QED) is 0.432. The molecule has 0 saturated carbocycles. The maximum atomic E-state index is 12.4. The Labute approximate surface area is 168 Å². The predicted molar refractivity (Wildman–Crippen MR) is 106 cm³/mol. The zero-order valence-corrected chi connectivity index (χ0v) is 16.3. The Morgan fingerprint density at radius 3 is 2.07 bits per heavy atom. The lowest BCUT2D eigenvalue weighted by Gasteiger charge is -2.11. The number of hydrogen-bond acceptors (Lipinski definition) is 6. The van der Waals surface area contributed by atoms with Crippen molar-refractivity contribution in [1.29, 1.82) is 0 Å². The van der Waals surface area contributed by atoms with Crippen LogP contribution < -0.4 is 4.74 Å². The molecule has 3 rings (SSSR count). The summed E-state index contributed by atoms with van der Waals surface area (Å²) >= 11 is 0. The molecule has 0 unspecified atom stereocenters. The van der Waals surface area contributed by atoms with Crippen LogP contribution in [0, 0.1) is 0 Å².